The smallest absolute Gasteiger partial charge is 0.162 e. The summed E-state index contributed by atoms with van der Waals surface area (Å²) in [6.45, 7) is 8.97. The third kappa shape index (κ3) is 4.83. The minimum Gasteiger partial charge on any atom is -0.378 e. The molecule has 1 aromatic carbocycles. The average Bonchev–Trinajstić information content (AvgIpc) is 3.56. The summed E-state index contributed by atoms with van der Waals surface area (Å²) < 4.78 is 6.71. The molecular weight excluding hydrogens is 500 g/mol. The van der Waals surface area contributed by atoms with E-state index in [9.17, 15) is 9.59 Å². The lowest BCUT2D eigenvalue weighted by Gasteiger charge is -2.38. The first-order valence-corrected chi connectivity index (χ1v) is 14.0. The van der Waals surface area contributed by atoms with Gasteiger partial charge in [-0.2, -0.15) is 5.10 Å². The summed E-state index contributed by atoms with van der Waals surface area (Å²) >= 11 is 1.76. The molecule has 2 saturated heterocycles. The molecule has 0 radical (unpaired) electrons. The molecule has 2 aliphatic rings. The van der Waals surface area contributed by atoms with Gasteiger partial charge in [-0.3, -0.25) is 19.6 Å². The maximum Gasteiger partial charge on any atom is 0.162 e. The summed E-state index contributed by atoms with van der Waals surface area (Å²) in [6.07, 6.45) is 3.44. The first kappa shape index (κ1) is 25.1. The number of fused-ring (bicyclic) bond motifs is 2. The minimum absolute atomic E-state index is 0.0463. The average molecular weight is 533 g/mol. The molecule has 0 spiro atoms. The van der Waals surface area contributed by atoms with Gasteiger partial charge in [0.05, 0.1) is 41.6 Å². The number of benzene rings is 1. The van der Waals surface area contributed by atoms with Crippen LogP contribution in [0.2, 0.25) is 0 Å². The number of hydrogen-bond donors (Lipinski definition) is 1. The van der Waals surface area contributed by atoms with Crippen LogP contribution in [0.25, 0.3) is 32.5 Å². The maximum atomic E-state index is 12.6. The number of hydrogen-bond acceptors (Lipinski definition) is 9. The number of ketones is 2. The van der Waals surface area contributed by atoms with E-state index in [1.54, 1.807) is 11.3 Å². The Labute approximate surface area is 225 Å². The number of carbonyl (C=O) groups excluding carboxylic acids is 2. The van der Waals surface area contributed by atoms with Crippen molar-refractivity contribution in [3.05, 3.63) is 35.3 Å². The van der Waals surface area contributed by atoms with Gasteiger partial charge in [0.15, 0.2) is 11.6 Å². The van der Waals surface area contributed by atoms with Crippen molar-refractivity contribution >= 4 is 49.8 Å². The van der Waals surface area contributed by atoms with Gasteiger partial charge < -0.3 is 9.64 Å². The van der Waals surface area contributed by atoms with Crippen LogP contribution in [-0.4, -0.2) is 76.0 Å². The molecule has 0 bridgehead atoms. The summed E-state index contributed by atoms with van der Waals surface area (Å²) in [5.74, 6) is 1.70. The highest BCUT2D eigenvalue weighted by Crippen LogP contribution is 2.38. The van der Waals surface area contributed by atoms with E-state index in [-0.39, 0.29) is 18.0 Å². The lowest BCUT2D eigenvalue weighted by atomic mass is 9.75. The topological polar surface area (TPSA) is 104 Å². The fraction of sp³-hybridized carbons (Fsp3) is 0.464. The zero-order chi connectivity index (χ0) is 26.3. The van der Waals surface area contributed by atoms with Gasteiger partial charge in [0.25, 0.3) is 0 Å². The van der Waals surface area contributed by atoms with Crippen LogP contribution in [0, 0.1) is 5.41 Å². The molecule has 0 atom stereocenters. The first-order chi connectivity index (χ1) is 18.4. The number of ether oxygens (including phenoxy) is 1. The van der Waals surface area contributed by atoms with Gasteiger partial charge in [-0.25, -0.2) is 9.97 Å². The van der Waals surface area contributed by atoms with Gasteiger partial charge >= 0.3 is 0 Å². The Morgan fingerprint density at radius 1 is 1.13 bits per heavy atom. The van der Waals surface area contributed by atoms with E-state index in [0.717, 1.165) is 78.1 Å². The van der Waals surface area contributed by atoms with E-state index in [1.165, 1.54) is 11.8 Å². The second-order valence-corrected chi connectivity index (χ2v) is 11.8. The Morgan fingerprint density at radius 2 is 1.92 bits per heavy atom. The second-order valence-electron chi connectivity index (χ2n) is 10.7. The number of nitrogens with one attached hydrogen (secondary N) is 1. The molecule has 38 heavy (non-hydrogen) atoms. The van der Waals surface area contributed by atoms with Gasteiger partial charge in [0.1, 0.15) is 11.6 Å². The Kier molecular flexibility index (Phi) is 6.71. The van der Waals surface area contributed by atoms with Crippen molar-refractivity contribution in [1.29, 1.82) is 0 Å². The molecule has 0 amide bonds. The Hall–Kier alpha value is -3.21. The first-order valence-electron chi connectivity index (χ1n) is 13.2. The fourth-order valence-corrected chi connectivity index (χ4v) is 6.61. The van der Waals surface area contributed by atoms with Gasteiger partial charge in [0, 0.05) is 40.9 Å². The highest BCUT2D eigenvalue weighted by Gasteiger charge is 2.37. The van der Waals surface area contributed by atoms with Crippen LogP contribution in [0.5, 0.6) is 0 Å². The molecule has 198 valence electrons. The van der Waals surface area contributed by atoms with Crippen molar-refractivity contribution in [2.45, 2.75) is 39.7 Å². The molecule has 2 aliphatic heterocycles. The van der Waals surface area contributed by atoms with Crippen LogP contribution in [0.3, 0.4) is 0 Å². The summed E-state index contributed by atoms with van der Waals surface area (Å²) in [6, 6.07) is 8.25. The Bertz CT molecular complexity index is 1500. The number of piperidine rings is 1. The molecule has 2 fully saturated rings. The Morgan fingerprint density at radius 3 is 2.68 bits per heavy atom. The molecule has 6 rings (SSSR count). The van der Waals surface area contributed by atoms with Crippen molar-refractivity contribution in [2.24, 2.45) is 5.41 Å². The fourth-order valence-electron chi connectivity index (χ4n) is 5.46. The van der Waals surface area contributed by atoms with Gasteiger partial charge in [-0.1, -0.05) is 19.1 Å². The van der Waals surface area contributed by atoms with Crippen molar-refractivity contribution in [1.82, 2.24) is 25.1 Å². The predicted octanol–water partition coefficient (Wildman–Crippen LogP) is 4.22. The normalized spacial score (nSPS) is 18.3. The molecule has 5 heterocycles. The zero-order valence-corrected chi connectivity index (χ0v) is 22.6. The number of likely N-dealkylation sites (tertiary alicyclic amines) is 1. The maximum absolute atomic E-state index is 12.6. The molecule has 10 heteroatoms. The highest BCUT2D eigenvalue weighted by atomic mass is 32.1. The lowest BCUT2D eigenvalue weighted by Crippen LogP contribution is -2.42. The third-order valence-electron chi connectivity index (χ3n) is 7.86. The van der Waals surface area contributed by atoms with E-state index in [0.29, 0.717) is 19.0 Å². The van der Waals surface area contributed by atoms with Gasteiger partial charge in [0.2, 0.25) is 0 Å². The van der Waals surface area contributed by atoms with Crippen molar-refractivity contribution in [3.8, 4) is 11.4 Å². The molecule has 4 aromatic rings. The summed E-state index contributed by atoms with van der Waals surface area (Å²) in [5.41, 5.74) is 2.48. The highest BCUT2D eigenvalue weighted by molar-refractivity contribution is 7.19. The zero-order valence-electron chi connectivity index (χ0n) is 21.8. The largest absolute Gasteiger partial charge is 0.378 e. The number of Topliss-reactive ketones (excluding diaryl/α,β-unsaturated/α-hetero) is 2. The van der Waals surface area contributed by atoms with Crippen molar-refractivity contribution < 1.29 is 14.3 Å². The number of H-pyrrole nitrogens is 1. The predicted molar refractivity (Wildman–Crippen MR) is 148 cm³/mol. The molecule has 0 saturated carbocycles. The second kappa shape index (κ2) is 10.2. The number of carbonyl (C=O) groups is 2. The van der Waals surface area contributed by atoms with E-state index in [4.69, 9.17) is 14.7 Å². The molecular formula is C28H32N6O3S. The van der Waals surface area contributed by atoms with E-state index in [1.807, 2.05) is 31.3 Å². The summed E-state index contributed by atoms with van der Waals surface area (Å²) in [5, 5.41) is 8.27. The number of rotatable bonds is 7. The SMILES string of the molecule is CC(=O)CC(=O)C1(C)CCN(Cc2cc3nc(-c4cccc5[nH]ncc45)nc(N4CCOCC4)c3s2)CC1. The van der Waals surface area contributed by atoms with Crippen LogP contribution in [-0.2, 0) is 20.9 Å². The van der Waals surface area contributed by atoms with E-state index >= 15 is 0 Å². The van der Waals surface area contributed by atoms with Crippen LogP contribution < -0.4 is 4.90 Å². The van der Waals surface area contributed by atoms with E-state index in [2.05, 4.69) is 26.1 Å². The molecule has 3 aromatic heterocycles. The van der Waals surface area contributed by atoms with E-state index < -0.39 is 5.41 Å². The quantitative estimate of drug-likeness (QED) is 0.353. The van der Waals surface area contributed by atoms with Crippen LogP contribution in [0.4, 0.5) is 5.82 Å². The van der Waals surface area contributed by atoms with Crippen LogP contribution >= 0.6 is 11.3 Å². The minimum atomic E-state index is -0.402. The van der Waals surface area contributed by atoms with Gasteiger partial charge in [-0.05, 0) is 45.0 Å². The number of anilines is 1. The monoisotopic (exact) mass is 532 g/mol. The summed E-state index contributed by atoms with van der Waals surface area (Å²) in [7, 11) is 0. The number of aromatic nitrogens is 4. The number of nitrogens with zero attached hydrogens (tertiary/aromatic N) is 5. The molecule has 0 unspecified atom stereocenters. The molecule has 9 nitrogen and oxygen atoms in total. The lowest BCUT2D eigenvalue weighted by molar-refractivity contribution is -0.134. The van der Waals surface area contributed by atoms with Crippen molar-refractivity contribution in [3.63, 3.8) is 0 Å². The van der Waals surface area contributed by atoms with Gasteiger partial charge in [-0.15, -0.1) is 11.3 Å². The van der Waals surface area contributed by atoms with Crippen LogP contribution in [0.15, 0.2) is 30.5 Å². The third-order valence-corrected chi connectivity index (χ3v) is 8.97. The Balaban J connectivity index is 1.29. The number of aromatic amines is 1. The summed E-state index contributed by atoms with van der Waals surface area (Å²) in [4.78, 5) is 40.2. The number of thiophene rings is 1. The molecule has 0 aliphatic carbocycles. The van der Waals surface area contributed by atoms with Crippen molar-refractivity contribution in [2.75, 3.05) is 44.3 Å². The number of morpholine rings is 1. The molecule has 1 N–H and O–H groups in total. The van der Waals surface area contributed by atoms with Crippen LogP contribution in [0.1, 0.15) is 38.0 Å². The standard InChI is InChI=1S/C28H32N6O3S/c1-18(35)14-24(36)28(2)6-8-33(9-7-28)17-19-15-23-25(38-19)27(34-10-12-37-13-11-34)31-26(30-23)20-4-3-5-22-21(20)16-29-32-22/h3-5,15-16H,6-14,17H2,1-2H3,(H,29,32).